The average Bonchev–Trinajstić information content (AvgIpc) is 2.52. The molecule has 0 aromatic heterocycles. The summed E-state index contributed by atoms with van der Waals surface area (Å²) in [4.78, 5) is 0. The van der Waals surface area contributed by atoms with Crippen LogP contribution in [0.2, 0.25) is 10.0 Å². The zero-order valence-corrected chi connectivity index (χ0v) is 12.8. The molecule has 0 spiro atoms. The Morgan fingerprint density at radius 2 is 1.14 bits per heavy atom. The van der Waals surface area contributed by atoms with Gasteiger partial charge in [-0.1, -0.05) is 59.3 Å². The highest BCUT2D eigenvalue weighted by atomic mass is 35.5. The molecular formula is C18H10Cl2O2. The molecule has 2 atom stereocenters. The Kier molecular flexibility index (Phi) is 3.25. The van der Waals surface area contributed by atoms with E-state index in [1.54, 1.807) is 36.4 Å². The Hall–Kier alpha value is -1.94. The lowest BCUT2D eigenvalue weighted by Gasteiger charge is -2.40. The van der Waals surface area contributed by atoms with Gasteiger partial charge in [0.05, 0.1) is 0 Å². The fourth-order valence-electron chi connectivity index (χ4n) is 2.96. The second kappa shape index (κ2) is 4.78. The van der Waals surface area contributed by atoms with Gasteiger partial charge < -0.3 is 10.2 Å². The van der Waals surface area contributed by atoms with Gasteiger partial charge in [0.15, 0.2) is 11.2 Å². The summed E-state index contributed by atoms with van der Waals surface area (Å²) in [5.41, 5.74) is -2.73. The maximum absolute atomic E-state index is 11.1. The van der Waals surface area contributed by atoms with E-state index in [-0.39, 0.29) is 32.3 Å². The zero-order valence-electron chi connectivity index (χ0n) is 11.3. The van der Waals surface area contributed by atoms with Crippen molar-refractivity contribution in [3.63, 3.8) is 0 Å². The Morgan fingerprint density at radius 3 is 1.45 bits per heavy atom. The highest BCUT2D eigenvalue weighted by molar-refractivity contribution is 6.32. The molecule has 0 amide bonds. The van der Waals surface area contributed by atoms with Crippen LogP contribution in [0.25, 0.3) is 0 Å². The van der Waals surface area contributed by atoms with Crippen LogP contribution in [0.5, 0.6) is 0 Å². The van der Waals surface area contributed by atoms with Crippen molar-refractivity contribution in [2.75, 3.05) is 0 Å². The number of terminal acetylenes is 2. The number of aliphatic hydroxyl groups is 2. The van der Waals surface area contributed by atoms with E-state index in [2.05, 4.69) is 11.8 Å². The maximum Gasteiger partial charge on any atom is 0.178 e. The number of fused-ring (bicyclic) bond motifs is 2. The molecule has 2 aromatic carbocycles. The van der Waals surface area contributed by atoms with Crippen LogP contribution in [-0.4, -0.2) is 10.2 Å². The summed E-state index contributed by atoms with van der Waals surface area (Å²) < 4.78 is 0. The van der Waals surface area contributed by atoms with E-state index in [0.717, 1.165) is 0 Å². The second-order valence-corrected chi connectivity index (χ2v) is 5.85. The standard InChI is InChI=1S/C18H10Cl2O2/c1-3-17(21)11-7-5-10-14(20)16(11)18(22,4-2)12-8-6-9-13(19)15(12)17/h1-2,5-10,21-22H/t17-,18+. The van der Waals surface area contributed by atoms with Crippen molar-refractivity contribution in [2.24, 2.45) is 0 Å². The number of halogens is 2. The molecule has 0 saturated heterocycles. The molecule has 2 N–H and O–H groups in total. The summed E-state index contributed by atoms with van der Waals surface area (Å²) in [6.07, 6.45) is 11.2. The van der Waals surface area contributed by atoms with E-state index in [1.807, 2.05) is 0 Å². The summed E-state index contributed by atoms with van der Waals surface area (Å²) in [7, 11) is 0. The maximum atomic E-state index is 11.1. The Bertz CT molecular complexity index is 802. The van der Waals surface area contributed by atoms with Crippen LogP contribution in [0.15, 0.2) is 36.4 Å². The SMILES string of the molecule is C#C[C@@]1(O)c2cccc(Cl)c2[C@](O)(C#C)c2cccc(Cl)c21. The Labute approximate surface area is 138 Å². The van der Waals surface area contributed by atoms with Crippen molar-refractivity contribution in [3.8, 4) is 24.7 Å². The molecular weight excluding hydrogens is 319 g/mol. The first-order valence-corrected chi connectivity index (χ1v) is 7.15. The fraction of sp³-hybridized carbons (Fsp3) is 0.111. The lowest BCUT2D eigenvalue weighted by Crippen LogP contribution is -2.42. The lowest BCUT2D eigenvalue weighted by atomic mass is 9.68. The van der Waals surface area contributed by atoms with Crippen molar-refractivity contribution in [3.05, 3.63) is 68.7 Å². The summed E-state index contributed by atoms with van der Waals surface area (Å²) >= 11 is 12.5. The molecule has 0 saturated carbocycles. The zero-order chi connectivity index (χ0) is 16.1. The highest BCUT2D eigenvalue weighted by Crippen LogP contribution is 2.51. The van der Waals surface area contributed by atoms with Gasteiger partial charge >= 0.3 is 0 Å². The fourth-order valence-corrected chi connectivity index (χ4v) is 3.58. The minimum absolute atomic E-state index is 0.203. The van der Waals surface area contributed by atoms with E-state index < -0.39 is 11.2 Å². The first kappa shape index (κ1) is 15.0. The van der Waals surface area contributed by atoms with Crippen LogP contribution in [-0.2, 0) is 11.2 Å². The van der Waals surface area contributed by atoms with Crippen LogP contribution in [0, 0.1) is 24.7 Å². The largest absolute Gasteiger partial charge is 0.369 e. The number of benzene rings is 2. The predicted octanol–water partition coefficient (Wildman–Crippen LogP) is 3.05. The lowest BCUT2D eigenvalue weighted by molar-refractivity contribution is 0.0948. The molecule has 0 unspecified atom stereocenters. The van der Waals surface area contributed by atoms with Gasteiger partial charge in [0.1, 0.15) is 0 Å². The third-order valence-corrected chi connectivity index (χ3v) is 4.58. The highest BCUT2D eigenvalue weighted by Gasteiger charge is 2.50. The van der Waals surface area contributed by atoms with E-state index in [0.29, 0.717) is 0 Å². The molecule has 4 heteroatoms. The molecule has 1 aliphatic rings. The molecule has 0 radical (unpaired) electrons. The van der Waals surface area contributed by atoms with Gasteiger partial charge in [-0.2, -0.15) is 0 Å². The average molecular weight is 329 g/mol. The number of hydrogen-bond acceptors (Lipinski definition) is 2. The van der Waals surface area contributed by atoms with Crippen LogP contribution in [0.4, 0.5) is 0 Å². The summed E-state index contributed by atoms with van der Waals surface area (Å²) in [5, 5.41) is 22.6. The van der Waals surface area contributed by atoms with Crippen LogP contribution in [0.1, 0.15) is 22.3 Å². The van der Waals surface area contributed by atoms with Gasteiger partial charge in [0.25, 0.3) is 0 Å². The minimum Gasteiger partial charge on any atom is -0.369 e. The predicted molar refractivity (Wildman–Crippen MR) is 86.6 cm³/mol. The van der Waals surface area contributed by atoms with Gasteiger partial charge in [-0.05, 0) is 12.1 Å². The van der Waals surface area contributed by atoms with E-state index >= 15 is 0 Å². The van der Waals surface area contributed by atoms with Gasteiger partial charge in [0.2, 0.25) is 0 Å². The van der Waals surface area contributed by atoms with Crippen LogP contribution >= 0.6 is 23.2 Å². The summed E-state index contributed by atoms with van der Waals surface area (Å²) in [6.45, 7) is 0. The third-order valence-electron chi connectivity index (χ3n) is 3.95. The Balaban J connectivity index is 2.57. The van der Waals surface area contributed by atoms with Crippen molar-refractivity contribution in [1.29, 1.82) is 0 Å². The number of rotatable bonds is 0. The molecule has 2 aromatic rings. The van der Waals surface area contributed by atoms with Crippen molar-refractivity contribution < 1.29 is 10.2 Å². The first-order chi connectivity index (χ1) is 10.4. The van der Waals surface area contributed by atoms with Crippen molar-refractivity contribution in [2.45, 2.75) is 11.2 Å². The van der Waals surface area contributed by atoms with Gasteiger partial charge in [-0.15, -0.1) is 12.8 Å². The van der Waals surface area contributed by atoms with Crippen LogP contribution < -0.4 is 0 Å². The number of hydrogen-bond donors (Lipinski definition) is 2. The summed E-state index contributed by atoms with van der Waals surface area (Å²) in [5.74, 6) is 4.71. The molecule has 0 fully saturated rings. The molecule has 108 valence electrons. The van der Waals surface area contributed by atoms with Gasteiger partial charge in [-0.25, -0.2) is 0 Å². The smallest absolute Gasteiger partial charge is 0.178 e. The second-order valence-electron chi connectivity index (χ2n) is 5.03. The van der Waals surface area contributed by atoms with E-state index in [1.165, 1.54) is 0 Å². The first-order valence-electron chi connectivity index (χ1n) is 6.39. The normalized spacial score (nSPS) is 25.5. The van der Waals surface area contributed by atoms with Gasteiger partial charge in [0, 0.05) is 32.3 Å². The Morgan fingerprint density at radius 1 is 0.773 bits per heavy atom. The molecule has 1 aliphatic carbocycles. The third kappa shape index (κ3) is 1.67. The summed E-state index contributed by atoms with van der Waals surface area (Å²) in [6, 6.07) is 9.57. The van der Waals surface area contributed by atoms with Gasteiger partial charge in [-0.3, -0.25) is 0 Å². The molecule has 2 nitrogen and oxygen atoms in total. The van der Waals surface area contributed by atoms with Crippen LogP contribution in [0.3, 0.4) is 0 Å². The van der Waals surface area contributed by atoms with Crippen molar-refractivity contribution in [1.82, 2.24) is 0 Å². The monoisotopic (exact) mass is 328 g/mol. The molecule has 0 heterocycles. The molecule has 22 heavy (non-hydrogen) atoms. The molecule has 0 aliphatic heterocycles. The quantitative estimate of drug-likeness (QED) is 0.730. The van der Waals surface area contributed by atoms with E-state index in [4.69, 9.17) is 36.0 Å². The molecule has 0 bridgehead atoms. The topological polar surface area (TPSA) is 40.5 Å². The molecule has 3 rings (SSSR count). The van der Waals surface area contributed by atoms with Crippen molar-refractivity contribution >= 4 is 23.2 Å². The van der Waals surface area contributed by atoms with E-state index in [9.17, 15) is 10.2 Å². The minimum atomic E-state index is -1.82.